The maximum atomic E-state index is 12.7. The Morgan fingerprint density at radius 2 is 1.71 bits per heavy atom. The molecule has 2 aromatic carbocycles. The molecule has 0 spiro atoms. The molecule has 0 unspecified atom stereocenters. The van der Waals surface area contributed by atoms with Crippen LogP contribution in [0.25, 0.3) is 0 Å². The second-order valence-electron chi connectivity index (χ2n) is 7.01. The third-order valence-electron chi connectivity index (χ3n) is 4.93. The average Bonchev–Trinajstić information content (AvgIpc) is 2.65. The maximum Gasteiger partial charge on any atom is 0.255 e. The SMILES string of the molecule is Cc1cccc(C)c1NC(=O)CN1CCN(C(=O)c2ccc(Br)cc2Cl)CC1. The van der Waals surface area contributed by atoms with Crippen LogP contribution in [0, 0.1) is 13.8 Å². The van der Waals surface area contributed by atoms with Gasteiger partial charge in [-0.25, -0.2) is 0 Å². The largest absolute Gasteiger partial charge is 0.336 e. The molecule has 0 radical (unpaired) electrons. The van der Waals surface area contributed by atoms with E-state index in [9.17, 15) is 9.59 Å². The lowest BCUT2D eigenvalue weighted by Gasteiger charge is -2.34. The van der Waals surface area contributed by atoms with Gasteiger partial charge < -0.3 is 10.2 Å². The number of piperazine rings is 1. The summed E-state index contributed by atoms with van der Waals surface area (Å²) < 4.78 is 0.841. The number of nitrogens with one attached hydrogen (secondary N) is 1. The zero-order valence-corrected chi connectivity index (χ0v) is 18.3. The molecule has 28 heavy (non-hydrogen) atoms. The van der Waals surface area contributed by atoms with Gasteiger partial charge in [-0.1, -0.05) is 45.7 Å². The molecule has 7 heteroatoms. The van der Waals surface area contributed by atoms with Crippen molar-refractivity contribution in [1.29, 1.82) is 0 Å². The van der Waals surface area contributed by atoms with E-state index in [4.69, 9.17) is 11.6 Å². The number of anilines is 1. The second-order valence-corrected chi connectivity index (χ2v) is 8.33. The van der Waals surface area contributed by atoms with Crippen molar-refractivity contribution in [2.75, 3.05) is 38.0 Å². The van der Waals surface area contributed by atoms with Crippen molar-refractivity contribution in [3.05, 3.63) is 62.6 Å². The predicted octanol–water partition coefficient (Wildman–Crippen LogP) is 4.12. The number of halogens is 2. The number of hydrogen-bond acceptors (Lipinski definition) is 3. The van der Waals surface area contributed by atoms with E-state index < -0.39 is 0 Å². The van der Waals surface area contributed by atoms with Gasteiger partial charge in [-0.15, -0.1) is 0 Å². The fraction of sp³-hybridized carbons (Fsp3) is 0.333. The van der Waals surface area contributed by atoms with Gasteiger partial charge in [-0.05, 0) is 43.2 Å². The van der Waals surface area contributed by atoms with Crippen molar-refractivity contribution in [3.8, 4) is 0 Å². The number of para-hydroxylation sites is 1. The van der Waals surface area contributed by atoms with Crippen molar-refractivity contribution in [2.45, 2.75) is 13.8 Å². The van der Waals surface area contributed by atoms with Crippen LogP contribution in [0.3, 0.4) is 0 Å². The Kier molecular flexibility index (Phi) is 6.75. The lowest BCUT2D eigenvalue weighted by atomic mass is 10.1. The van der Waals surface area contributed by atoms with Crippen LogP contribution in [0.5, 0.6) is 0 Å². The van der Waals surface area contributed by atoms with Crippen LogP contribution in [-0.2, 0) is 4.79 Å². The maximum absolute atomic E-state index is 12.7. The number of rotatable bonds is 4. The zero-order valence-electron chi connectivity index (χ0n) is 16.0. The fourth-order valence-corrected chi connectivity index (χ4v) is 4.09. The number of hydrogen-bond donors (Lipinski definition) is 1. The van der Waals surface area contributed by atoms with Crippen LogP contribution in [0.2, 0.25) is 5.02 Å². The van der Waals surface area contributed by atoms with Gasteiger partial charge in [0.15, 0.2) is 0 Å². The Balaban J connectivity index is 1.54. The van der Waals surface area contributed by atoms with Crippen LogP contribution < -0.4 is 5.32 Å². The van der Waals surface area contributed by atoms with E-state index in [-0.39, 0.29) is 11.8 Å². The summed E-state index contributed by atoms with van der Waals surface area (Å²) >= 11 is 9.55. The van der Waals surface area contributed by atoms with Gasteiger partial charge in [0.1, 0.15) is 0 Å². The second kappa shape index (κ2) is 9.07. The summed E-state index contributed by atoms with van der Waals surface area (Å²) in [4.78, 5) is 29.0. The van der Waals surface area contributed by atoms with Crippen molar-refractivity contribution in [2.24, 2.45) is 0 Å². The minimum absolute atomic E-state index is 0.0341. The molecular weight excluding hydrogens is 442 g/mol. The molecule has 1 aliphatic rings. The van der Waals surface area contributed by atoms with E-state index in [0.29, 0.717) is 43.3 Å². The van der Waals surface area contributed by atoms with Gasteiger partial charge in [0, 0.05) is 36.3 Å². The first-order valence-corrected chi connectivity index (χ1v) is 10.3. The topological polar surface area (TPSA) is 52.7 Å². The molecule has 1 heterocycles. The first-order valence-electron chi connectivity index (χ1n) is 9.18. The smallest absolute Gasteiger partial charge is 0.255 e. The highest BCUT2D eigenvalue weighted by atomic mass is 79.9. The van der Waals surface area contributed by atoms with E-state index in [0.717, 1.165) is 21.3 Å². The highest BCUT2D eigenvalue weighted by Gasteiger charge is 2.24. The van der Waals surface area contributed by atoms with E-state index in [1.807, 2.05) is 38.1 Å². The first-order chi connectivity index (χ1) is 13.3. The lowest BCUT2D eigenvalue weighted by Crippen LogP contribution is -2.50. The number of nitrogens with zero attached hydrogens (tertiary/aromatic N) is 2. The number of amides is 2. The third-order valence-corrected chi connectivity index (χ3v) is 5.74. The Labute approximate surface area is 178 Å². The first kappa shape index (κ1) is 20.8. The van der Waals surface area contributed by atoms with Gasteiger partial charge in [0.2, 0.25) is 5.91 Å². The molecule has 2 amide bonds. The lowest BCUT2D eigenvalue weighted by molar-refractivity contribution is -0.117. The summed E-state index contributed by atoms with van der Waals surface area (Å²) in [6.07, 6.45) is 0. The molecule has 148 valence electrons. The summed E-state index contributed by atoms with van der Waals surface area (Å²) in [6, 6.07) is 11.2. The van der Waals surface area contributed by atoms with Crippen molar-refractivity contribution in [3.63, 3.8) is 0 Å². The molecule has 1 saturated heterocycles. The summed E-state index contributed by atoms with van der Waals surface area (Å²) in [5.41, 5.74) is 3.49. The highest BCUT2D eigenvalue weighted by molar-refractivity contribution is 9.10. The van der Waals surface area contributed by atoms with Crippen molar-refractivity contribution < 1.29 is 9.59 Å². The van der Waals surface area contributed by atoms with Gasteiger partial charge in [0.05, 0.1) is 17.1 Å². The molecular formula is C21H23BrClN3O2. The van der Waals surface area contributed by atoms with Crippen LogP contribution >= 0.6 is 27.5 Å². The van der Waals surface area contributed by atoms with E-state index in [1.165, 1.54) is 0 Å². The van der Waals surface area contributed by atoms with Gasteiger partial charge in [0.25, 0.3) is 5.91 Å². The van der Waals surface area contributed by atoms with E-state index in [1.54, 1.807) is 17.0 Å². The quantitative estimate of drug-likeness (QED) is 0.741. The van der Waals surface area contributed by atoms with Gasteiger partial charge in [-0.3, -0.25) is 14.5 Å². The van der Waals surface area contributed by atoms with Crippen LogP contribution in [0.4, 0.5) is 5.69 Å². The Hall–Kier alpha value is -1.89. The summed E-state index contributed by atoms with van der Waals surface area (Å²) in [6.45, 7) is 6.74. The highest BCUT2D eigenvalue weighted by Crippen LogP contribution is 2.23. The molecule has 3 rings (SSSR count). The molecule has 1 fully saturated rings. The van der Waals surface area contributed by atoms with Gasteiger partial charge in [-0.2, -0.15) is 0 Å². The molecule has 0 bridgehead atoms. The van der Waals surface area contributed by atoms with E-state index >= 15 is 0 Å². The Morgan fingerprint density at radius 3 is 2.32 bits per heavy atom. The van der Waals surface area contributed by atoms with Crippen molar-refractivity contribution >= 4 is 45.0 Å². The summed E-state index contributed by atoms with van der Waals surface area (Å²) in [5.74, 6) is -0.106. The summed E-state index contributed by atoms with van der Waals surface area (Å²) in [5, 5.41) is 3.45. The number of carbonyl (C=O) groups excluding carboxylic acids is 2. The Morgan fingerprint density at radius 1 is 1.07 bits per heavy atom. The molecule has 0 saturated carbocycles. The molecule has 2 aromatic rings. The van der Waals surface area contributed by atoms with Gasteiger partial charge >= 0.3 is 0 Å². The minimum Gasteiger partial charge on any atom is -0.336 e. The monoisotopic (exact) mass is 463 g/mol. The molecule has 1 aliphatic heterocycles. The number of aryl methyl sites for hydroxylation is 2. The average molecular weight is 465 g/mol. The van der Waals surface area contributed by atoms with Crippen LogP contribution in [-0.4, -0.2) is 54.3 Å². The summed E-state index contributed by atoms with van der Waals surface area (Å²) in [7, 11) is 0. The zero-order chi connectivity index (χ0) is 20.3. The number of benzene rings is 2. The predicted molar refractivity (Wildman–Crippen MR) is 116 cm³/mol. The molecule has 0 aliphatic carbocycles. The Bertz CT molecular complexity index is 875. The molecule has 1 N–H and O–H groups in total. The normalized spacial score (nSPS) is 14.8. The van der Waals surface area contributed by atoms with Crippen molar-refractivity contribution in [1.82, 2.24) is 9.80 Å². The molecule has 0 aromatic heterocycles. The van der Waals surface area contributed by atoms with Crippen LogP contribution in [0.1, 0.15) is 21.5 Å². The fourth-order valence-electron chi connectivity index (χ4n) is 3.34. The van der Waals surface area contributed by atoms with Crippen LogP contribution in [0.15, 0.2) is 40.9 Å². The molecule has 0 atom stereocenters. The van der Waals surface area contributed by atoms with E-state index in [2.05, 4.69) is 26.1 Å². The third kappa shape index (κ3) is 4.93. The number of carbonyl (C=O) groups is 2. The standard InChI is InChI=1S/C21H23BrClN3O2/c1-14-4-3-5-15(2)20(14)24-19(27)13-25-8-10-26(11-9-25)21(28)17-7-6-16(22)12-18(17)23/h3-7,12H,8-11,13H2,1-2H3,(H,24,27). The minimum atomic E-state index is -0.0721. The molecule has 5 nitrogen and oxygen atoms in total.